The van der Waals surface area contributed by atoms with Gasteiger partial charge in [-0.1, -0.05) is 6.07 Å². The summed E-state index contributed by atoms with van der Waals surface area (Å²) in [4.78, 5) is 14.2. The van der Waals surface area contributed by atoms with Crippen LogP contribution in [-0.4, -0.2) is 29.7 Å². The molecule has 0 unspecified atom stereocenters. The topological polar surface area (TPSA) is 88.3 Å². The smallest absolute Gasteiger partial charge is 0.352 e. The summed E-state index contributed by atoms with van der Waals surface area (Å²) >= 11 is 0. The Labute approximate surface area is 105 Å². The monoisotopic (exact) mass is 248 g/mol. The van der Waals surface area contributed by atoms with Gasteiger partial charge in [-0.2, -0.15) is 0 Å². The molecule has 1 aromatic heterocycles. The molecule has 0 bridgehead atoms. The van der Waals surface area contributed by atoms with E-state index in [1.165, 1.54) is 0 Å². The highest BCUT2D eigenvalue weighted by Gasteiger charge is 2.19. The molecule has 2 rings (SSSR count). The van der Waals surface area contributed by atoms with Crippen LogP contribution in [0.4, 0.5) is 0 Å². The van der Waals surface area contributed by atoms with Gasteiger partial charge < -0.3 is 20.6 Å². The van der Waals surface area contributed by atoms with Gasteiger partial charge in [0.15, 0.2) is 0 Å². The molecule has 0 saturated heterocycles. The Balaban J connectivity index is 2.83. The quantitative estimate of drug-likeness (QED) is 0.768. The van der Waals surface area contributed by atoms with Gasteiger partial charge in [0.25, 0.3) is 0 Å². The number of hydrogen-bond donors (Lipinski definition) is 3. The summed E-state index contributed by atoms with van der Waals surface area (Å²) < 4.78 is 5.25. The fraction of sp³-hybridized carbons (Fsp3) is 0.308. The van der Waals surface area contributed by atoms with Crippen molar-refractivity contribution in [2.24, 2.45) is 5.73 Å². The molecule has 0 atom stereocenters. The Kier molecular flexibility index (Phi) is 3.25. The molecule has 96 valence electrons. The summed E-state index contributed by atoms with van der Waals surface area (Å²) in [7, 11) is 1.56. The summed E-state index contributed by atoms with van der Waals surface area (Å²) in [6, 6.07) is 3.74. The molecule has 5 heteroatoms. The lowest BCUT2D eigenvalue weighted by Crippen LogP contribution is -2.07. The fourth-order valence-corrected chi connectivity index (χ4v) is 2.27. The largest absolute Gasteiger partial charge is 0.495 e. The Hall–Kier alpha value is -2.01. The van der Waals surface area contributed by atoms with Crippen LogP contribution < -0.4 is 10.5 Å². The van der Waals surface area contributed by atoms with Crippen molar-refractivity contribution >= 4 is 16.9 Å². The van der Waals surface area contributed by atoms with Crippen LogP contribution in [0.1, 0.15) is 21.6 Å². The van der Waals surface area contributed by atoms with E-state index in [9.17, 15) is 9.90 Å². The first kappa shape index (κ1) is 12.4. The molecule has 0 spiro atoms. The lowest BCUT2D eigenvalue weighted by molar-refractivity contribution is 0.0690. The molecule has 18 heavy (non-hydrogen) atoms. The molecule has 0 aliphatic rings. The van der Waals surface area contributed by atoms with Gasteiger partial charge in [0.2, 0.25) is 0 Å². The van der Waals surface area contributed by atoms with Crippen molar-refractivity contribution in [2.75, 3.05) is 13.7 Å². The molecule has 2 aromatic rings. The Morgan fingerprint density at radius 2 is 2.22 bits per heavy atom. The van der Waals surface area contributed by atoms with Gasteiger partial charge in [0.05, 0.1) is 12.6 Å². The third kappa shape index (κ3) is 1.82. The van der Waals surface area contributed by atoms with E-state index >= 15 is 0 Å². The Morgan fingerprint density at radius 1 is 1.50 bits per heavy atom. The second-order valence-electron chi connectivity index (χ2n) is 4.16. The molecule has 0 aliphatic carbocycles. The van der Waals surface area contributed by atoms with Crippen molar-refractivity contribution < 1.29 is 14.6 Å². The van der Waals surface area contributed by atoms with Crippen LogP contribution in [-0.2, 0) is 6.42 Å². The van der Waals surface area contributed by atoms with Crippen molar-refractivity contribution in [1.82, 2.24) is 4.98 Å². The molecule has 1 aromatic carbocycles. The molecular weight excluding hydrogens is 232 g/mol. The number of carbonyl (C=O) groups is 1. The lowest BCUT2D eigenvalue weighted by Gasteiger charge is -2.05. The number of rotatable bonds is 4. The number of aromatic carboxylic acids is 1. The first-order valence-corrected chi connectivity index (χ1v) is 5.71. The number of aromatic nitrogens is 1. The van der Waals surface area contributed by atoms with Crippen LogP contribution >= 0.6 is 0 Å². The number of H-pyrrole nitrogens is 1. The number of methoxy groups -OCH3 is 1. The van der Waals surface area contributed by atoms with E-state index < -0.39 is 5.97 Å². The van der Waals surface area contributed by atoms with Gasteiger partial charge in [0.1, 0.15) is 11.4 Å². The van der Waals surface area contributed by atoms with Crippen LogP contribution in [0.25, 0.3) is 10.9 Å². The maximum absolute atomic E-state index is 11.3. The summed E-state index contributed by atoms with van der Waals surface area (Å²) in [6.07, 6.45) is 0.523. The summed E-state index contributed by atoms with van der Waals surface area (Å²) in [5, 5.41) is 10.1. The average Bonchev–Trinajstić information content (AvgIpc) is 2.71. The van der Waals surface area contributed by atoms with Crippen molar-refractivity contribution in [3.63, 3.8) is 0 Å². The number of nitrogens with one attached hydrogen (secondary N) is 1. The molecule has 0 saturated carbocycles. The van der Waals surface area contributed by atoms with E-state index in [1.54, 1.807) is 7.11 Å². The molecule has 4 N–H and O–H groups in total. The van der Waals surface area contributed by atoms with Crippen LogP contribution in [0.3, 0.4) is 0 Å². The third-order valence-electron chi connectivity index (χ3n) is 3.06. The average molecular weight is 248 g/mol. The summed E-state index contributed by atoms with van der Waals surface area (Å²) in [6.45, 7) is 2.35. The van der Waals surface area contributed by atoms with E-state index in [4.69, 9.17) is 10.5 Å². The van der Waals surface area contributed by atoms with Crippen molar-refractivity contribution in [3.8, 4) is 5.75 Å². The van der Waals surface area contributed by atoms with E-state index in [2.05, 4.69) is 4.98 Å². The first-order valence-electron chi connectivity index (χ1n) is 5.71. The van der Waals surface area contributed by atoms with Crippen LogP contribution in [0, 0.1) is 6.92 Å². The van der Waals surface area contributed by atoms with Gasteiger partial charge in [0, 0.05) is 5.39 Å². The summed E-state index contributed by atoms with van der Waals surface area (Å²) in [5.41, 5.74) is 8.24. The second-order valence-corrected chi connectivity index (χ2v) is 4.16. The zero-order valence-corrected chi connectivity index (χ0v) is 10.4. The minimum Gasteiger partial charge on any atom is -0.495 e. The molecular formula is C13H16N2O3. The first-order chi connectivity index (χ1) is 8.60. The van der Waals surface area contributed by atoms with Crippen molar-refractivity contribution in [1.29, 1.82) is 0 Å². The highest BCUT2D eigenvalue weighted by atomic mass is 16.5. The minimum atomic E-state index is -0.976. The molecule has 1 heterocycles. The molecule has 0 aliphatic heterocycles. The van der Waals surface area contributed by atoms with Crippen LogP contribution in [0.2, 0.25) is 0 Å². The SMILES string of the molecule is COc1ccc(C)c2c(CCN)c(C(=O)O)[nH]c12. The van der Waals surface area contributed by atoms with Gasteiger partial charge in [-0.25, -0.2) is 4.79 Å². The number of ether oxygens (including phenoxy) is 1. The fourth-order valence-electron chi connectivity index (χ4n) is 2.27. The second kappa shape index (κ2) is 4.70. The van der Waals surface area contributed by atoms with Crippen molar-refractivity contribution in [2.45, 2.75) is 13.3 Å². The standard InChI is InChI=1S/C13H16N2O3/c1-7-3-4-9(18-2)12-10(7)8(5-6-14)11(15-12)13(16)17/h3-4,15H,5-6,14H2,1-2H3,(H,16,17). The van der Waals surface area contributed by atoms with E-state index in [0.29, 0.717) is 18.7 Å². The van der Waals surface area contributed by atoms with Gasteiger partial charge in [-0.15, -0.1) is 0 Å². The number of aryl methyl sites for hydroxylation is 1. The zero-order chi connectivity index (χ0) is 13.3. The van der Waals surface area contributed by atoms with Crippen LogP contribution in [0.15, 0.2) is 12.1 Å². The third-order valence-corrected chi connectivity index (χ3v) is 3.06. The highest BCUT2D eigenvalue weighted by molar-refractivity contribution is 6.00. The molecule has 0 amide bonds. The Morgan fingerprint density at radius 3 is 2.78 bits per heavy atom. The number of fused-ring (bicyclic) bond motifs is 1. The molecule has 5 nitrogen and oxygen atoms in total. The van der Waals surface area contributed by atoms with Gasteiger partial charge in [-0.05, 0) is 37.1 Å². The highest BCUT2D eigenvalue weighted by Crippen LogP contribution is 2.32. The number of carboxylic acid groups (broad SMARTS) is 1. The van der Waals surface area contributed by atoms with E-state index in [-0.39, 0.29) is 5.69 Å². The normalized spacial score (nSPS) is 10.8. The number of nitrogens with two attached hydrogens (primary N) is 1. The number of benzene rings is 1. The molecule has 0 fully saturated rings. The summed E-state index contributed by atoms with van der Waals surface area (Å²) in [5.74, 6) is -0.336. The lowest BCUT2D eigenvalue weighted by atomic mass is 10.0. The maximum Gasteiger partial charge on any atom is 0.352 e. The van der Waals surface area contributed by atoms with Gasteiger partial charge in [-0.3, -0.25) is 0 Å². The number of aromatic amines is 1. The van der Waals surface area contributed by atoms with E-state index in [0.717, 1.165) is 22.0 Å². The van der Waals surface area contributed by atoms with Crippen LogP contribution in [0.5, 0.6) is 5.75 Å². The van der Waals surface area contributed by atoms with Crippen molar-refractivity contribution in [3.05, 3.63) is 29.0 Å². The van der Waals surface area contributed by atoms with Gasteiger partial charge >= 0.3 is 5.97 Å². The number of hydrogen-bond acceptors (Lipinski definition) is 3. The predicted molar refractivity (Wildman–Crippen MR) is 69.3 cm³/mol. The number of carboxylic acids is 1. The Bertz CT molecular complexity index is 602. The zero-order valence-electron chi connectivity index (χ0n) is 10.4. The maximum atomic E-state index is 11.3. The molecule has 0 radical (unpaired) electrons. The minimum absolute atomic E-state index is 0.197. The predicted octanol–water partition coefficient (Wildman–Crippen LogP) is 1.68. The van der Waals surface area contributed by atoms with E-state index in [1.807, 2.05) is 19.1 Å².